The highest BCUT2D eigenvalue weighted by atomic mass is 16.2. The van der Waals surface area contributed by atoms with Crippen LogP contribution in [0, 0.1) is 0 Å². The lowest BCUT2D eigenvalue weighted by atomic mass is 10.1. The highest BCUT2D eigenvalue weighted by Crippen LogP contribution is 2.22. The molecule has 132 valence electrons. The van der Waals surface area contributed by atoms with Gasteiger partial charge in [0.2, 0.25) is 0 Å². The molecule has 3 rings (SSSR count). The average Bonchev–Trinajstić information content (AvgIpc) is 3.24. The van der Waals surface area contributed by atoms with Gasteiger partial charge in [0.25, 0.3) is 0 Å². The van der Waals surface area contributed by atoms with E-state index >= 15 is 0 Å². The van der Waals surface area contributed by atoms with E-state index < -0.39 is 0 Å². The Labute approximate surface area is 146 Å². The topological polar surface area (TPSA) is 87.6 Å². The number of aromatic amines is 1. The third kappa shape index (κ3) is 4.17. The van der Waals surface area contributed by atoms with Gasteiger partial charge in [0.1, 0.15) is 12.7 Å². The minimum Gasteiger partial charge on any atom is -0.361 e. The number of fused-ring (bicyclic) bond motifs is 1. The molecule has 0 saturated carbocycles. The second-order valence-electron chi connectivity index (χ2n) is 6.18. The Morgan fingerprint density at radius 1 is 1.36 bits per heavy atom. The summed E-state index contributed by atoms with van der Waals surface area (Å²) in [5.74, 6) is 0. The van der Waals surface area contributed by atoms with Crippen molar-refractivity contribution in [1.29, 1.82) is 0 Å². The Kier molecular flexibility index (Phi) is 5.33. The monoisotopic (exact) mass is 340 g/mol. The lowest BCUT2D eigenvalue weighted by Crippen LogP contribution is -2.43. The van der Waals surface area contributed by atoms with Gasteiger partial charge in [-0.2, -0.15) is 5.10 Å². The van der Waals surface area contributed by atoms with E-state index in [-0.39, 0.29) is 12.1 Å². The van der Waals surface area contributed by atoms with Crippen molar-refractivity contribution in [2.45, 2.75) is 39.3 Å². The number of carbonyl (C=O) groups is 1. The summed E-state index contributed by atoms with van der Waals surface area (Å²) in [5, 5.41) is 11.1. The minimum atomic E-state index is -0.165. The van der Waals surface area contributed by atoms with Crippen LogP contribution < -0.4 is 10.6 Å². The van der Waals surface area contributed by atoms with Crippen molar-refractivity contribution in [2.24, 2.45) is 0 Å². The minimum absolute atomic E-state index is 0.0260. The molecule has 3 aromatic rings. The van der Waals surface area contributed by atoms with Gasteiger partial charge in [0.15, 0.2) is 0 Å². The first-order valence-corrected chi connectivity index (χ1v) is 8.62. The Hall–Kier alpha value is -2.83. The molecular formula is C18H24N6O. The lowest BCUT2D eigenvalue weighted by molar-refractivity contribution is 0.236. The van der Waals surface area contributed by atoms with Gasteiger partial charge in [-0.1, -0.05) is 25.1 Å². The molecule has 0 radical (unpaired) electrons. The van der Waals surface area contributed by atoms with Crippen LogP contribution >= 0.6 is 0 Å². The van der Waals surface area contributed by atoms with Crippen LogP contribution in [0.25, 0.3) is 10.9 Å². The van der Waals surface area contributed by atoms with Crippen LogP contribution in [0.1, 0.15) is 25.0 Å². The Bertz CT molecular complexity index is 823. The smallest absolute Gasteiger partial charge is 0.315 e. The Morgan fingerprint density at radius 3 is 3.00 bits per heavy atom. The molecule has 7 heteroatoms. The van der Waals surface area contributed by atoms with Crippen molar-refractivity contribution in [2.75, 3.05) is 6.54 Å². The van der Waals surface area contributed by atoms with Gasteiger partial charge in [-0.3, -0.25) is 4.68 Å². The van der Waals surface area contributed by atoms with Crippen molar-refractivity contribution in [3.63, 3.8) is 0 Å². The number of nitrogens with one attached hydrogen (secondary N) is 3. The maximum absolute atomic E-state index is 12.0. The zero-order valence-electron chi connectivity index (χ0n) is 14.6. The summed E-state index contributed by atoms with van der Waals surface area (Å²) < 4.78 is 1.70. The van der Waals surface area contributed by atoms with Crippen LogP contribution in [0.15, 0.2) is 37.1 Å². The molecule has 7 nitrogen and oxygen atoms in total. The molecule has 1 aromatic carbocycles. The number of amides is 2. The zero-order chi connectivity index (χ0) is 17.6. The van der Waals surface area contributed by atoms with Crippen LogP contribution in [0.2, 0.25) is 0 Å². The molecule has 0 aliphatic carbocycles. The molecule has 0 bridgehead atoms. The second kappa shape index (κ2) is 7.83. The van der Waals surface area contributed by atoms with E-state index in [4.69, 9.17) is 0 Å². The molecule has 0 spiro atoms. The molecule has 2 amide bonds. The Morgan fingerprint density at radius 2 is 2.24 bits per heavy atom. The summed E-state index contributed by atoms with van der Waals surface area (Å²) in [4.78, 5) is 19.2. The van der Waals surface area contributed by atoms with Gasteiger partial charge in [-0.15, -0.1) is 0 Å². The number of para-hydroxylation sites is 1. The summed E-state index contributed by atoms with van der Waals surface area (Å²) >= 11 is 0. The number of benzene rings is 1. The molecule has 0 saturated heterocycles. The molecule has 0 aliphatic heterocycles. The highest BCUT2D eigenvalue weighted by Gasteiger charge is 2.09. The van der Waals surface area contributed by atoms with Gasteiger partial charge in [-0.25, -0.2) is 9.78 Å². The van der Waals surface area contributed by atoms with Crippen molar-refractivity contribution in [3.05, 3.63) is 48.2 Å². The Balaban J connectivity index is 1.48. The molecule has 25 heavy (non-hydrogen) atoms. The second-order valence-corrected chi connectivity index (χ2v) is 6.18. The van der Waals surface area contributed by atoms with E-state index in [1.54, 1.807) is 11.0 Å². The van der Waals surface area contributed by atoms with Crippen LogP contribution in [0.3, 0.4) is 0 Å². The molecule has 1 atom stereocenters. The summed E-state index contributed by atoms with van der Waals surface area (Å²) in [5.41, 5.74) is 3.74. The van der Waals surface area contributed by atoms with Crippen LogP contribution in [-0.2, 0) is 19.4 Å². The van der Waals surface area contributed by atoms with Crippen LogP contribution in [0.5, 0.6) is 0 Å². The first-order valence-electron chi connectivity index (χ1n) is 8.62. The van der Waals surface area contributed by atoms with E-state index in [1.165, 1.54) is 28.4 Å². The normalized spacial score (nSPS) is 12.2. The molecule has 2 aromatic heterocycles. The maximum atomic E-state index is 12.0. The van der Waals surface area contributed by atoms with E-state index in [0.717, 1.165) is 12.8 Å². The molecule has 1 unspecified atom stereocenters. The fourth-order valence-electron chi connectivity index (χ4n) is 3.02. The number of nitrogens with zero attached hydrogens (tertiary/aromatic N) is 3. The van der Waals surface area contributed by atoms with Gasteiger partial charge in [0, 0.05) is 29.7 Å². The van der Waals surface area contributed by atoms with Crippen molar-refractivity contribution in [3.8, 4) is 0 Å². The molecule has 0 fully saturated rings. The van der Waals surface area contributed by atoms with Gasteiger partial charge < -0.3 is 15.6 Å². The summed E-state index contributed by atoms with van der Waals surface area (Å²) in [7, 11) is 0. The standard InChI is InChI=1S/C18H24N6O/c1-3-14-5-4-6-16-15(9-21-17(14)16)7-8-20-18(25)23-13(2)10-24-12-19-11-22-24/h4-6,9,11-13,21H,3,7-8,10H2,1-2H3,(H2,20,23,25). The first-order chi connectivity index (χ1) is 12.2. The number of hydrogen-bond acceptors (Lipinski definition) is 3. The maximum Gasteiger partial charge on any atom is 0.315 e. The van der Waals surface area contributed by atoms with E-state index in [0.29, 0.717) is 13.1 Å². The molecule has 3 N–H and O–H groups in total. The van der Waals surface area contributed by atoms with Crippen molar-refractivity contribution < 1.29 is 4.79 Å². The number of carbonyl (C=O) groups excluding carboxylic acids is 1. The van der Waals surface area contributed by atoms with E-state index in [1.807, 2.05) is 13.1 Å². The number of rotatable bonds is 7. The molecule has 0 aliphatic rings. The van der Waals surface area contributed by atoms with E-state index in [2.05, 4.69) is 50.8 Å². The summed E-state index contributed by atoms with van der Waals surface area (Å²) in [6.45, 7) is 5.27. The fraction of sp³-hybridized carbons (Fsp3) is 0.389. The predicted molar refractivity (Wildman–Crippen MR) is 97.4 cm³/mol. The lowest BCUT2D eigenvalue weighted by Gasteiger charge is -2.14. The third-order valence-corrected chi connectivity index (χ3v) is 4.25. The summed E-state index contributed by atoms with van der Waals surface area (Å²) in [6.07, 6.45) is 6.95. The highest BCUT2D eigenvalue weighted by molar-refractivity contribution is 5.86. The summed E-state index contributed by atoms with van der Waals surface area (Å²) in [6, 6.07) is 6.17. The number of aromatic nitrogens is 4. The number of aryl methyl sites for hydroxylation is 1. The average molecular weight is 340 g/mol. The van der Waals surface area contributed by atoms with Crippen molar-refractivity contribution in [1.82, 2.24) is 30.4 Å². The van der Waals surface area contributed by atoms with Gasteiger partial charge in [-0.05, 0) is 30.9 Å². The van der Waals surface area contributed by atoms with Gasteiger partial charge in [0.05, 0.1) is 6.54 Å². The fourth-order valence-corrected chi connectivity index (χ4v) is 3.02. The SMILES string of the molecule is CCc1cccc2c(CCNC(=O)NC(C)Cn3cncn3)c[nH]c12. The van der Waals surface area contributed by atoms with E-state index in [9.17, 15) is 4.79 Å². The third-order valence-electron chi connectivity index (χ3n) is 4.25. The quantitative estimate of drug-likeness (QED) is 0.616. The molecular weight excluding hydrogens is 316 g/mol. The number of hydrogen-bond donors (Lipinski definition) is 3. The van der Waals surface area contributed by atoms with Crippen molar-refractivity contribution >= 4 is 16.9 Å². The predicted octanol–water partition coefficient (Wildman–Crippen LogP) is 2.25. The van der Waals surface area contributed by atoms with Crippen LogP contribution in [-0.4, -0.2) is 38.4 Å². The molecule has 2 heterocycles. The number of urea groups is 1. The first kappa shape index (κ1) is 17.0. The largest absolute Gasteiger partial charge is 0.361 e. The number of H-pyrrole nitrogens is 1. The van der Waals surface area contributed by atoms with Crippen LogP contribution in [0.4, 0.5) is 4.79 Å². The zero-order valence-corrected chi connectivity index (χ0v) is 14.6. The van der Waals surface area contributed by atoms with Gasteiger partial charge >= 0.3 is 6.03 Å².